The molecule has 5 heteroatoms. The lowest BCUT2D eigenvalue weighted by Crippen LogP contribution is -1.98. The van der Waals surface area contributed by atoms with Crippen molar-refractivity contribution in [2.75, 3.05) is 5.32 Å². The lowest BCUT2D eigenvalue weighted by atomic mass is 10.2. The van der Waals surface area contributed by atoms with Crippen molar-refractivity contribution in [2.24, 2.45) is 0 Å². The Hall–Kier alpha value is -1.36. The van der Waals surface area contributed by atoms with Gasteiger partial charge in [-0.1, -0.05) is 17.7 Å². The summed E-state index contributed by atoms with van der Waals surface area (Å²) in [5.41, 5.74) is 2.16. The maximum Gasteiger partial charge on any atom is 0.152 e. The number of thiophene rings is 2. The lowest BCUT2D eigenvalue weighted by molar-refractivity contribution is 1.17. The number of nitrogens with one attached hydrogen (secondary N) is 1. The van der Waals surface area contributed by atoms with Crippen molar-refractivity contribution in [1.29, 1.82) is 0 Å². The Morgan fingerprint density at radius 2 is 2.16 bits per heavy atom. The van der Waals surface area contributed by atoms with Crippen LogP contribution >= 0.6 is 34.3 Å². The minimum absolute atomic E-state index is 0.512. The number of aromatic nitrogens is 1. The first-order valence-electron chi connectivity index (χ1n) is 5.78. The number of anilines is 1. The van der Waals surface area contributed by atoms with Crippen molar-refractivity contribution in [3.8, 4) is 10.4 Å². The predicted octanol–water partition coefficient (Wildman–Crippen LogP) is 5.14. The second-order valence-corrected chi connectivity index (χ2v) is 6.28. The third-order valence-corrected chi connectivity index (χ3v) is 4.83. The smallest absolute Gasteiger partial charge is 0.152 e. The number of hydrogen-bond donors (Lipinski definition) is 1. The van der Waals surface area contributed by atoms with Gasteiger partial charge in [-0.2, -0.15) is 0 Å². The van der Waals surface area contributed by atoms with E-state index in [1.54, 1.807) is 28.9 Å². The van der Waals surface area contributed by atoms with Gasteiger partial charge in [-0.05, 0) is 35.0 Å². The molecule has 19 heavy (non-hydrogen) atoms. The van der Waals surface area contributed by atoms with Gasteiger partial charge >= 0.3 is 0 Å². The van der Waals surface area contributed by atoms with Crippen molar-refractivity contribution in [1.82, 2.24) is 4.98 Å². The molecule has 0 aromatic carbocycles. The molecule has 0 aliphatic carbocycles. The molecule has 0 saturated carbocycles. The monoisotopic (exact) mass is 306 g/mol. The number of halogens is 1. The van der Waals surface area contributed by atoms with Gasteiger partial charge in [-0.3, -0.25) is 0 Å². The highest BCUT2D eigenvalue weighted by Gasteiger charge is 2.04. The summed E-state index contributed by atoms with van der Waals surface area (Å²) in [5.74, 6) is 0. The van der Waals surface area contributed by atoms with E-state index >= 15 is 0 Å². The molecule has 0 spiro atoms. The van der Waals surface area contributed by atoms with Crippen LogP contribution in [0.15, 0.2) is 47.3 Å². The minimum Gasteiger partial charge on any atom is -0.378 e. The standard InChI is InChI=1S/C14H11ClN2S2/c15-14-12(3-1-5-16-14)17-8-11-7-10(9-19-11)13-4-2-6-18-13/h1-7,9,17H,8H2. The second-order valence-electron chi connectivity index (χ2n) is 3.97. The van der Waals surface area contributed by atoms with Gasteiger partial charge in [-0.25, -0.2) is 4.98 Å². The normalized spacial score (nSPS) is 10.6. The molecule has 96 valence electrons. The Kier molecular flexibility index (Phi) is 3.82. The van der Waals surface area contributed by atoms with E-state index in [9.17, 15) is 0 Å². The zero-order chi connectivity index (χ0) is 13.1. The van der Waals surface area contributed by atoms with Gasteiger partial charge < -0.3 is 5.32 Å². The number of pyridine rings is 1. The molecule has 1 N–H and O–H groups in total. The van der Waals surface area contributed by atoms with E-state index in [-0.39, 0.29) is 0 Å². The van der Waals surface area contributed by atoms with Crippen LogP contribution in [-0.4, -0.2) is 4.98 Å². The Labute approximate surface area is 124 Å². The van der Waals surface area contributed by atoms with Crippen LogP contribution in [-0.2, 0) is 6.54 Å². The first-order valence-corrected chi connectivity index (χ1v) is 7.92. The zero-order valence-electron chi connectivity index (χ0n) is 9.97. The van der Waals surface area contributed by atoms with Gasteiger partial charge in [0, 0.05) is 28.1 Å². The molecular weight excluding hydrogens is 296 g/mol. The van der Waals surface area contributed by atoms with E-state index in [0.717, 1.165) is 12.2 Å². The van der Waals surface area contributed by atoms with Crippen LogP contribution in [0.5, 0.6) is 0 Å². The third kappa shape index (κ3) is 2.97. The van der Waals surface area contributed by atoms with Gasteiger partial charge in [0.15, 0.2) is 5.15 Å². The van der Waals surface area contributed by atoms with Gasteiger partial charge in [0.05, 0.1) is 5.69 Å². The van der Waals surface area contributed by atoms with E-state index in [2.05, 4.69) is 39.3 Å². The highest BCUT2D eigenvalue weighted by molar-refractivity contribution is 7.14. The van der Waals surface area contributed by atoms with Gasteiger partial charge in [0.1, 0.15) is 0 Å². The molecule has 0 saturated heterocycles. The van der Waals surface area contributed by atoms with Crippen molar-refractivity contribution in [3.05, 3.63) is 57.3 Å². The van der Waals surface area contributed by atoms with Crippen LogP contribution in [0.25, 0.3) is 10.4 Å². The molecule has 0 fully saturated rings. The fraction of sp³-hybridized carbons (Fsp3) is 0.0714. The summed E-state index contributed by atoms with van der Waals surface area (Å²) in [6.45, 7) is 0.765. The quantitative estimate of drug-likeness (QED) is 0.675. The molecule has 0 aliphatic rings. The Bertz CT molecular complexity index is 662. The number of rotatable bonds is 4. The molecule has 3 aromatic rings. The lowest BCUT2D eigenvalue weighted by Gasteiger charge is -2.05. The largest absolute Gasteiger partial charge is 0.378 e. The van der Waals surface area contributed by atoms with Crippen LogP contribution in [0.1, 0.15) is 4.88 Å². The summed E-state index contributed by atoms with van der Waals surface area (Å²) in [6.07, 6.45) is 1.69. The van der Waals surface area contributed by atoms with Gasteiger partial charge in [0.2, 0.25) is 0 Å². The number of nitrogens with zero attached hydrogens (tertiary/aromatic N) is 1. The average Bonchev–Trinajstić information content (AvgIpc) is 3.09. The SMILES string of the molecule is Clc1ncccc1NCc1cc(-c2cccs2)cs1. The Morgan fingerprint density at radius 3 is 2.95 bits per heavy atom. The summed E-state index contributed by atoms with van der Waals surface area (Å²) in [6, 6.07) is 10.2. The maximum atomic E-state index is 6.01. The first-order chi connectivity index (χ1) is 9.33. The first kappa shape index (κ1) is 12.7. The van der Waals surface area contributed by atoms with Crippen molar-refractivity contribution in [3.63, 3.8) is 0 Å². The van der Waals surface area contributed by atoms with Crippen LogP contribution in [0.3, 0.4) is 0 Å². The molecule has 0 amide bonds. The molecular formula is C14H11ClN2S2. The van der Waals surface area contributed by atoms with E-state index < -0.39 is 0 Å². The van der Waals surface area contributed by atoms with Crippen LogP contribution in [0.4, 0.5) is 5.69 Å². The highest BCUT2D eigenvalue weighted by Crippen LogP contribution is 2.29. The van der Waals surface area contributed by atoms with Crippen molar-refractivity contribution >= 4 is 40.0 Å². The molecule has 0 radical (unpaired) electrons. The second kappa shape index (κ2) is 5.74. The van der Waals surface area contributed by atoms with Crippen LogP contribution < -0.4 is 5.32 Å². The van der Waals surface area contributed by atoms with Crippen molar-refractivity contribution in [2.45, 2.75) is 6.54 Å². The summed E-state index contributed by atoms with van der Waals surface area (Å²) >= 11 is 9.52. The van der Waals surface area contributed by atoms with Crippen LogP contribution in [0, 0.1) is 0 Å². The van der Waals surface area contributed by atoms with Crippen molar-refractivity contribution < 1.29 is 0 Å². The Balaban J connectivity index is 1.70. The van der Waals surface area contributed by atoms with E-state index in [0.29, 0.717) is 5.15 Å². The molecule has 3 aromatic heterocycles. The van der Waals surface area contributed by atoms with Crippen LogP contribution in [0.2, 0.25) is 5.15 Å². The van der Waals surface area contributed by atoms with Gasteiger partial charge in [-0.15, -0.1) is 22.7 Å². The summed E-state index contributed by atoms with van der Waals surface area (Å²) in [5, 5.41) is 8.10. The molecule has 0 unspecified atom stereocenters. The predicted molar refractivity (Wildman–Crippen MR) is 84.2 cm³/mol. The van der Waals surface area contributed by atoms with Gasteiger partial charge in [0.25, 0.3) is 0 Å². The molecule has 0 aliphatic heterocycles. The van der Waals surface area contributed by atoms with E-state index in [4.69, 9.17) is 11.6 Å². The maximum absolute atomic E-state index is 6.01. The summed E-state index contributed by atoms with van der Waals surface area (Å²) in [7, 11) is 0. The fourth-order valence-electron chi connectivity index (χ4n) is 1.75. The summed E-state index contributed by atoms with van der Waals surface area (Å²) < 4.78 is 0. The highest BCUT2D eigenvalue weighted by atomic mass is 35.5. The molecule has 3 rings (SSSR count). The third-order valence-electron chi connectivity index (χ3n) is 2.67. The molecule has 3 heterocycles. The van der Waals surface area contributed by atoms with E-state index in [1.807, 2.05) is 12.1 Å². The Morgan fingerprint density at radius 1 is 1.21 bits per heavy atom. The van der Waals surface area contributed by atoms with E-state index in [1.165, 1.54) is 15.3 Å². The average molecular weight is 307 g/mol. The topological polar surface area (TPSA) is 24.9 Å². The number of hydrogen-bond acceptors (Lipinski definition) is 4. The fourth-order valence-corrected chi connectivity index (χ4v) is 3.55. The molecule has 0 bridgehead atoms. The molecule has 2 nitrogen and oxygen atoms in total. The zero-order valence-corrected chi connectivity index (χ0v) is 12.4. The molecule has 0 atom stereocenters. The summed E-state index contributed by atoms with van der Waals surface area (Å²) in [4.78, 5) is 6.63. The minimum atomic E-state index is 0.512.